The number of nitrogens with zero attached hydrogens (tertiary/aromatic N) is 1. The van der Waals surface area contributed by atoms with E-state index in [1.54, 1.807) is 24.3 Å². The van der Waals surface area contributed by atoms with E-state index in [1.165, 1.54) is 26.0 Å². The summed E-state index contributed by atoms with van der Waals surface area (Å²) in [6, 6.07) is 6.05. The van der Waals surface area contributed by atoms with Gasteiger partial charge in [-0.2, -0.15) is 0 Å². The fraction of sp³-hybridized carbons (Fsp3) is 0.375. The number of methoxy groups -OCH3 is 2. The highest BCUT2D eigenvalue weighted by molar-refractivity contribution is 6.30. The molecule has 0 spiro atoms. The van der Waals surface area contributed by atoms with Crippen molar-refractivity contribution in [3.63, 3.8) is 0 Å². The molecule has 6 nitrogen and oxygen atoms in total. The molecule has 1 aliphatic rings. The standard InChI is InChI=1S/C16H18ClNO5/c1-9(19)13-14(10-4-6-11(17)7-5-10)18(16(21)15(13)20)8-12(22-2)23-3/h4-7,12,14,20H,8H2,1-3H3/t14-/m1/s1. The Morgan fingerprint density at radius 2 is 1.87 bits per heavy atom. The number of halogens is 1. The fourth-order valence-electron chi connectivity index (χ4n) is 2.60. The van der Waals surface area contributed by atoms with Crippen LogP contribution in [0.2, 0.25) is 5.02 Å². The molecule has 0 unspecified atom stereocenters. The summed E-state index contributed by atoms with van der Waals surface area (Å²) >= 11 is 5.89. The minimum absolute atomic E-state index is 0.0586. The molecule has 1 amide bonds. The van der Waals surface area contributed by atoms with Crippen molar-refractivity contribution < 1.29 is 24.2 Å². The summed E-state index contributed by atoms with van der Waals surface area (Å²) in [4.78, 5) is 25.7. The molecule has 0 saturated carbocycles. The van der Waals surface area contributed by atoms with Gasteiger partial charge in [0.05, 0.1) is 18.2 Å². The molecule has 1 N–H and O–H groups in total. The second kappa shape index (κ2) is 7.12. The van der Waals surface area contributed by atoms with E-state index in [0.717, 1.165) is 0 Å². The van der Waals surface area contributed by atoms with Crippen LogP contribution in [0.25, 0.3) is 0 Å². The van der Waals surface area contributed by atoms with Crippen LogP contribution in [0.15, 0.2) is 35.6 Å². The molecule has 1 heterocycles. The van der Waals surface area contributed by atoms with Crippen molar-refractivity contribution in [2.75, 3.05) is 20.8 Å². The molecule has 124 valence electrons. The Bertz CT molecular complexity index is 636. The number of aliphatic hydroxyl groups is 1. The van der Waals surface area contributed by atoms with E-state index in [2.05, 4.69) is 0 Å². The Morgan fingerprint density at radius 1 is 1.30 bits per heavy atom. The molecule has 0 radical (unpaired) electrons. The predicted molar refractivity (Wildman–Crippen MR) is 84.0 cm³/mol. The van der Waals surface area contributed by atoms with Crippen LogP contribution >= 0.6 is 11.6 Å². The first-order chi connectivity index (χ1) is 10.9. The van der Waals surface area contributed by atoms with Crippen LogP contribution in [0.5, 0.6) is 0 Å². The molecule has 0 bridgehead atoms. The van der Waals surface area contributed by atoms with Gasteiger partial charge in [0.25, 0.3) is 5.91 Å². The van der Waals surface area contributed by atoms with E-state index in [4.69, 9.17) is 21.1 Å². The average Bonchev–Trinajstić information content (AvgIpc) is 2.77. The number of carbonyl (C=O) groups is 2. The van der Waals surface area contributed by atoms with Crippen LogP contribution in [-0.4, -0.2) is 48.8 Å². The number of benzene rings is 1. The topological polar surface area (TPSA) is 76.1 Å². The summed E-state index contributed by atoms with van der Waals surface area (Å²) in [5.41, 5.74) is 0.728. The summed E-state index contributed by atoms with van der Waals surface area (Å²) in [5.74, 6) is -1.54. The zero-order valence-corrected chi connectivity index (χ0v) is 13.8. The lowest BCUT2D eigenvalue weighted by Gasteiger charge is -2.29. The van der Waals surface area contributed by atoms with E-state index >= 15 is 0 Å². The van der Waals surface area contributed by atoms with Gasteiger partial charge in [-0.1, -0.05) is 23.7 Å². The molecule has 0 fully saturated rings. The highest BCUT2D eigenvalue weighted by Crippen LogP contribution is 2.38. The lowest BCUT2D eigenvalue weighted by Crippen LogP contribution is -2.38. The monoisotopic (exact) mass is 339 g/mol. The van der Waals surface area contributed by atoms with Crippen molar-refractivity contribution in [2.45, 2.75) is 19.3 Å². The van der Waals surface area contributed by atoms with Crippen molar-refractivity contribution in [1.82, 2.24) is 4.90 Å². The quantitative estimate of drug-likeness (QED) is 0.804. The Morgan fingerprint density at radius 3 is 2.35 bits per heavy atom. The first-order valence-electron chi connectivity index (χ1n) is 6.96. The van der Waals surface area contributed by atoms with E-state index in [9.17, 15) is 14.7 Å². The van der Waals surface area contributed by atoms with Crippen molar-refractivity contribution >= 4 is 23.3 Å². The number of ether oxygens (including phenoxy) is 2. The molecule has 0 saturated heterocycles. The molecule has 0 aliphatic carbocycles. The van der Waals surface area contributed by atoms with E-state index in [1.807, 2.05) is 0 Å². The Kier molecular flexibility index (Phi) is 5.41. The van der Waals surface area contributed by atoms with Crippen molar-refractivity contribution in [1.29, 1.82) is 0 Å². The second-order valence-corrected chi connectivity index (χ2v) is 5.57. The molecular weight excluding hydrogens is 322 g/mol. The van der Waals surface area contributed by atoms with Gasteiger partial charge >= 0.3 is 0 Å². The third kappa shape index (κ3) is 3.39. The number of hydrogen-bond acceptors (Lipinski definition) is 5. The predicted octanol–water partition coefficient (Wildman–Crippen LogP) is 2.24. The number of aliphatic hydroxyl groups excluding tert-OH is 1. The fourth-order valence-corrected chi connectivity index (χ4v) is 2.72. The molecule has 1 aromatic carbocycles. The number of hydrogen-bond donors (Lipinski definition) is 1. The number of carbonyl (C=O) groups excluding carboxylic acids is 2. The molecule has 23 heavy (non-hydrogen) atoms. The van der Waals surface area contributed by atoms with Gasteiger partial charge in [0.2, 0.25) is 0 Å². The molecule has 1 aliphatic heterocycles. The SMILES string of the molecule is COC(CN1C(=O)C(O)=C(C(C)=O)[C@H]1c1ccc(Cl)cc1)OC. The number of rotatable bonds is 6. The van der Waals surface area contributed by atoms with Gasteiger partial charge in [-0.3, -0.25) is 9.59 Å². The van der Waals surface area contributed by atoms with Crippen LogP contribution in [0.1, 0.15) is 18.5 Å². The van der Waals surface area contributed by atoms with Gasteiger partial charge in [0.1, 0.15) is 0 Å². The molecule has 2 rings (SSSR count). The summed E-state index contributed by atoms with van der Waals surface area (Å²) in [6.07, 6.45) is -0.673. The average molecular weight is 340 g/mol. The van der Waals surface area contributed by atoms with Crippen LogP contribution in [0, 0.1) is 0 Å². The largest absolute Gasteiger partial charge is 0.503 e. The highest BCUT2D eigenvalue weighted by Gasteiger charge is 2.43. The van der Waals surface area contributed by atoms with Crippen LogP contribution in [0.3, 0.4) is 0 Å². The smallest absolute Gasteiger partial charge is 0.290 e. The van der Waals surface area contributed by atoms with E-state index < -0.39 is 24.0 Å². The molecular formula is C16H18ClNO5. The lowest BCUT2D eigenvalue weighted by molar-refractivity contribution is -0.144. The van der Waals surface area contributed by atoms with E-state index in [0.29, 0.717) is 10.6 Å². The first-order valence-corrected chi connectivity index (χ1v) is 7.34. The molecule has 7 heteroatoms. The third-order valence-electron chi connectivity index (χ3n) is 3.74. The maximum Gasteiger partial charge on any atom is 0.290 e. The first kappa shape index (κ1) is 17.5. The highest BCUT2D eigenvalue weighted by atomic mass is 35.5. The minimum atomic E-state index is -0.704. The summed E-state index contributed by atoms with van der Waals surface area (Å²) in [7, 11) is 2.90. The van der Waals surface area contributed by atoms with Crippen molar-refractivity contribution in [3.05, 3.63) is 46.2 Å². The van der Waals surface area contributed by atoms with Gasteiger partial charge in [-0.15, -0.1) is 0 Å². The number of Topliss-reactive ketones (excluding diaryl/α,β-unsaturated/α-hetero) is 1. The van der Waals surface area contributed by atoms with Crippen molar-refractivity contribution in [2.24, 2.45) is 0 Å². The summed E-state index contributed by atoms with van der Waals surface area (Å²) < 4.78 is 10.2. The van der Waals surface area contributed by atoms with Gasteiger partial charge in [0, 0.05) is 19.2 Å². The number of amides is 1. The lowest BCUT2D eigenvalue weighted by atomic mass is 9.97. The van der Waals surface area contributed by atoms with Crippen LogP contribution < -0.4 is 0 Å². The minimum Gasteiger partial charge on any atom is -0.503 e. The molecule has 1 aromatic rings. The Balaban J connectivity index is 2.46. The second-order valence-electron chi connectivity index (χ2n) is 5.13. The van der Waals surface area contributed by atoms with Gasteiger partial charge in [0.15, 0.2) is 17.8 Å². The molecule has 0 aromatic heterocycles. The van der Waals surface area contributed by atoms with Gasteiger partial charge < -0.3 is 19.5 Å². The maximum absolute atomic E-state index is 12.4. The van der Waals surface area contributed by atoms with Gasteiger partial charge in [-0.25, -0.2) is 0 Å². The summed E-state index contributed by atoms with van der Waals surface area (Å²) in [5, 5.41) is 10.6. The van der Waals surface area contributed by atoms with Crippen molar-refractivity contribution in [3.8, 4) is 0 Å². The Labute approximate surface area is 139 Å². The maximum atomic E-state index is 12.4. The zero-order chi connectivity index (χ0) is 17.1. The van der Waals surface area contributed by atoms with Crippen LogP contribution in [0.4, 0.5) is 0 Å². The zero-order valence-electron chi connectivity index (χ0n) is 13.1. The Hall–Kier alpha value is -1.89. The third-order valence-corrected chi connectivity index (χ3v) is 3.99. The van der Waals surface area contributed by atoms with E-state index in [-0.39, 0.29) is 17.9 Å². The van der Waals surface area contributed by atoms with Crippen LogP contribution in [-0.2, 0) is 19.1 Å². The normalized spacial score (nSPS) is 18.2. The molecule has 1 atom stereocenters. The number of ketones is 1. The van der Waals surface area contributed by atoms with Gasteiger partial charge in [-0.05, 0) is 24.6 Å². The summed E-state index contributed by atoms with van der Waals surface area (Å²) in [6.45, 7) is 1.38.